The third-order valence-corrected chi connectivity index (χ3v) is 6.16. The zero-order valence-electron chi connectivity index (χ0n) is 18.0. The molecule has 0 aromatic heterocycles. The second-order valence-electron chi connectivity index (χ2n) is 7.44. The van der Waals surface area contributed by atoms with E-state index in [9.17, 15) is 15.0 Å². The summed E-state index contributed by atoms with van der Waals surface area (Å²) in [5.41, 5.74) is -1.38. The predicted molar refractivity (Wildman–Crippen MR) is 147 cm³/mol. The highest BCUT2D eigenvalue weighted by Crippen LogP contribution is 2.66. The Kier molecular flexibility index (Phi) is 6.15. The van der Waals surface area contributed by atoms with Gasteiger partial charge in [0.15, 0.2) is 34.2 Å². The lowest BCUT2D eigenvalue weighted by atomic mass is 9.76. The van der Waals surface area contributed by atoms with Gasteiger partial charge in [-0.15, -0.1) is 0 Å². The molecule has 2 N–H and O–H groups in total. The van der Waals surface area contributed by atoms with E-state index in [-0.39, 0.29) is 56.7 Å². The number of phenols is 2. The van der Waals surface area contributed by atoms with Crippen LogP contribution >= 0.6 is 48.9 Å². The molecule has 5 rings (SSSR count). The molecule has 0 amide bonds. The summed E-state index contributed by atoms with van der Waals surface area (Å²) in [6.45, 7) is 0. The lowest BCUT2D eigenvalue weighted by molar-refractivity contribution is 0.0227. The van der Waals surface area contributed by atoms with Gasteiger partial charge in [-0.05, 0) is 67.1 Å². The van der Waals surface area contributed by atoms with Crippen LogP contribution in [-0.4, -0.2) is 36.8 Å². The number of isothiocyanates is 4. The highest BCUT2D eigenvalue weighted by Gasteiger charge is 2.57. The summed E-state index contributed by atoms with van der Waals surface area (Å²) in [4.78, 5) is 29.2. The first-order chi connectivity index (χ1) is 17.9. The first-order valence-electron chi connectivity index (χ1n) is 10.1. The molecule has 1 unspecified atom stereocenters. The molecule has 13 heteroatoms. The van der Waals surface area contributed by atoms with E-state index in [1.165, 1.54) is 12.1 Å². The van der Waals surface area contributed by atoms with Gasteiger partial charge in [0.1, 0.15) is 17.1 Å². The zero-order valence-corrected chi connectivity index (χ0v) is 21.3. The van der Waals surface area contributed by atoms with Crippen molar-refractivity contribution in [3.05, 3.63) is 58.7 Å². The van der Waals surface area contributed by atoms with Crippen molar-refractivity contribution in [1.29, 1.82) is 0 Å². The smallest absolute Gasteiger partial charge is 0.340 e. The molecular weight excluding hydrogens is 553 g/mol. The molecule has 37 heavy (non-hydrogen) atoms. The van der Waals surface area contributed by atoms with E-state index in [0.29, 0.717) is 5.56 Å². The minimum atomic E-state index is -1.76. The molecule has 0 saturated heterocycles. The van der Waals surface area contributed by atoms with Gasteiger partial charge in [-0.25, -0.2) is 4.79 Å². The van der Waals surface area contributed by atoms with E-state index in [2.05, 4.69) is 40.6 Å². The van der Waals surface area contributed by atoms with Crippen LogP contribution in [0.5, 0.6) is 23.0 Å². The number of benzene rings is 3. The Morgan fingerprint density at radius 1 is 0.730 bits per heavy atom. The summed E-state index contributed by atoms with van der Waals surface area (Å²) in [5.74, 6) is -1.69. The van der Waals surface area contributed by atoms with Gasteiger partial charge in [-0.3, -0.25) is 0 Å². The first-order valence-corrected chi connectivity index (χ1v) is 11.7. The average Bonchev–Trinajstić information content (AvgIpc) is 3.18. The molecule has 2 aliphatic rings. The van der Waals surface area contributed by atoms with Gasteiger partial charge in [0.25, 0.3) is 0 Å². The van der Waals surface area contributed by atoms with Gasteiger partial charge < -0.3 is 19.7 Å². The maximum Gasteiger partial charge on any atom is 0.340 e. The van der Waals surface area contributed by atoms with Crippen LogP contribution in [-0.2, 0) is 10.3 Å². The van der Waals surface area contributed by atoms with Gasteiger partial charge in [-0.1, -0.05) is 18.2 Å². The molecule has 0 radical (unpaired) electrons. The van der Waals surface area contributed by atoms with Crippen LogP contribution in [0.25, 0.3) is 0 Å². The lowest BCUT2D eigenvalue weighted by Crippen LogP contribution is -2.33. The Morgan fingerprint density at radius 3 is 2.05 bits per heavy atom. The molecule has 1 spiro atoms. The predicted octanol–water partition coefficient (Wildman–Crippen LogP) is 6.60. The summed E-state index contributed by atoms with van der Waals surface area (Å²) in [5, 5.41) is 30.5. The Labute approximate surface area is 229 Å². The number of hydrogen-bond donors (Lipinski definition) is 2. The van der Waals surface area contributed by atoms with Crippen molar-refractivity contribution in [3.8, 4) is 23.0 Å². The lowest BCUT2D eigenvalue weighted by Gasteiger charge is -2.38. The van der Waals surface area contributed by atoms with Crippen LogP contribution in [0, 0.1) is 0 Å². The molecule has 2 heterocycles. The van der Waals surface area contributed by atoms with Crippen molar-refractivity contribution in [1.82, 2.24) is 0 Å². The van der Waals surface area contributed by atoms with Crippen LogP contribution in [0.3, 0.4) is 0 Å². The minimum Gasteiger partial charge on any atom is -0.506 e. The van der Waals surface area contributed by atoms with Gasteiger partial charge >= 0.3 is 5.97 Å². The Hall–Kier alpha value is -4.27. The molecule has 0 fully saturated rings. The van der Waals surface area contributed by atoms with E-state index in [1.807, 2.05) is 0 Å². The van der Waals surface area contributed by atoms with Gasteiger partial charge in [-0.2, -0.15) is 20.0 Å². The first kappa shape index (κ1) is 24.4. The number of carbonyl (C=O) groups excluding carboxylic acids is 1. The normalized spacial score (nSPS) is 15.8. The fraction of sp³-hybridized carbons (Fsp3) is 0.0417. The summed E-state index contributed by atoms with van der Waals surface area (Å²) in [6, 6.07) is 9.48. The maximum atomic E-state index is 13.2. The molecule has 0 saturated carbocycles. The molecule has 9 nitrogen and oxygen atoms in total. The number of phenolic OH excluding ortho intramolecular Hbond substituents is 2. The highest BCUT2D eigenvalue weighted by atomic mass is 32.1. The molecule has 2 aliphatic heterocycles. The number of fused-ring (bicyclic) bond motifs is 6. The second kappa shape index (κ2) is 9.31. The number of thiocarbonyl (C=S) groups is 4. The van der Waals surface area contributed by atoms with Crippen molar-refractivity contribution in [2.24, 2.45) is 20.0 Å². The minimum absolute atomic E-state index is 0.0436. The zero-order chi connectivity index (χ0) is 26.3. The van der Waals surface area contributed by atoms with E-state index in [0.717, 1.165) is 0 Å². The van der Waals surface area contributed by atoms with Crippen molar-refractivity contribution < 1.29 is 24.5 Å². The molecule has 0 bridgehead atoms. The second-order valence-corrected chi connectivity index (χ2v) is 8.17. The van der Waals surface area contributed by atoms with E-state index < -0.39 is 17.3 Å². The topological polar surface area (TPSA) is 125 Å². The largest absolute Gasteiger partial charge is 0.506 e. The monoisotopic (exact) mass is 560 g/mol. The standard InChI is InChI=1S/C24H8N4O5S4/c29-14-6-5-13-21(16(14)25-7-34)32-22-15(24(13)12-4-2-1-3-11(12)23(31)33-24)17(26-8-35)18(27-9-36)20(30)19(22)28-10-37/h1-6,29-30H. The quantitative estimate of drug-likeness (QED) is 0.206. The van der Waals surface area contributed by atoms with Gasteiger partial charge in [0, 0.05) is 5.56 Å². The number of rotatable bonds is 4. The SMILES string of the molecule is O=C1OC2(c3ccccc31)c1ccc(O)c(N=C=S)c1Oc1c(N=C=S)c(O)c(N=C=S)c(N=C=S)c12. The third-order valence-electron chi connectivity index (χ3n) is 5.80. The van der Waals surface area contributed by atoms with Gasteiger partial charge in [0.2, 0.25) is 0 Å². The summed E-state index contributed by atoms with van der Waals surface area (Å²) in [6.07, 6.45) is 0. The van der Waals surface area contributed by atoms with E-state index >= 15 is 0 Å². The number of nitrogens with zero attached hydrogens (tertiary/aromatic N) is 4. The summed E-state index contributed by atoms with van der Waals surface area (Å²) in [7, 11) is 0. The van der Waals surface area contributed by atoms with Gasteiger partial charge in [0.05, 0.1) is 37.3 Å². The number of hydrogen-bond acceptors (Lipinski definition) is 13. The number of aromatic hydroxyl groups is 2. The molecular formula is C24H8N4O5S4. The van der Waals surface area contributed by atoms with Crippen LogP contribution in [0.4, 0.5) is 22.7 Å². The van der Waals surface area contributed by atoms with E-state index in [4.69, 9.17) is 58.3 Å². The molecule has 1 atom stereocenters. The maximum absolute atomic E-state index is 13.2. The molecule has 3 aromatic carbocycles. The van der Waals surface area contributed by atoms with Crippen LogP contribution < -0.4 is 4.74 Å². The summed E-state index contributed by atoms with van der Waals surface area (Å²) >= 11 is 19.2. The third kappa shape index (κ3) is 3.41. The molecule has 178 valence electrons. The molecule has 3 aromatic rings. The number of ether oxygens (including phenoxy) is 2. The number of aliphatic imine (C=N–C) groups is 4. The number of esters is 1. The van der Waals surface area contributed by atoms with Crippen LogP contribution in [0.15, 0.2) is 56.4 Å². The van der Waals surface area contributed by atoms with Crippen molar-refractivity contribution in [3.63, 3.8) is 0 Å². The average molecular weight is 561 g/mol. The van der Waals surface area contributed by atoms with Crippen molar-refractivity contribution in [2.45, 2.75) is 5.60 Å². The Morgan fingerprint density at radius 2 is 1.35 bits per heavy atom. The number of carbonyl (C=O) groups is 1. The fourth-order valence-corrected chi connectivity index (χ4v) is 4.86. The van der Waals surface area contributed by atoms with Crippen LogP contribution in [0.1, 0.15) is 27.0 Å². The van der Waals surface area contributed by atoms with Crippen molar-refractivity contribution >= 4 is 98.2 Å². The van der Waals surface area contributed by atoms with Crippen LogP contribution in [0.2, 0.25) is 0 Å². The van der Waals surface area contributed by atoms with E-state index in [1.54, 1.807) is 24.3 Å². The molecule has 0 aliphatic carbocycles. The highest BCUT2D eigenvalue weighted by molar-refractivity contribution is 7.78. The summed E-state index contributed by atoms with van der Waals surface area (Å²) < 4.78 is 12.3. The Bertz CT molecular complexity index is 1770. The Balaban J connectivity index is 2.11. The van der Waals surface area contributed by atoms with Crippen molar-refractivity contribution in [2.75, 3.05) is 0 Å². The fourth-order valence-electron chi connectivity index (χ4n) is 4.49.